The summed E-state index contributed by atoms with van der Waals surface area (Å²) < 4.78 is 0. The zero-order valence-electron chi connectivity index (χ0n) is 14.6. The highest BCUT2D eigenvalue weighted by Gasteiger charge is 2.43. The lowest BCUT2D eigenvalue weighted by molar-refractivity contribution is -0.130. The highest BCUT2D eigenvalue weighted by Crippen LogP contribution is 2.47. The number of hydrogen-bond donors (Lipinski definition) is 1. The van der Waals surface area contributed by atoms with E-state index in [2.05, 4.69) is 41.4 Å². The van der Waals surface area contributed by atoms with E-state index in [0.717, 1.165) is 39.1 Å². The summed E-state index contributed by atoms with van der Waals surface area (Å²) >= 11 is 0. The standard InChI is InChI=1S/C19H27N3O2/c1-14-4-3-5-16(12-14)17-13-18(17)19(24)20-6-7-21-8-10-22(11-9-21)15(2)23/h3-5,12,17-18H,6-11,13H2,1-2H3,(H,20,24)/t17-,18-/m1/s1. The third-order valence-electron chi connectivity index (χ3n) is 5.14. The first kappa shape index (κ1) is 17.0. The van der Waals surface area contributed by atoms with Crippen molar-refractivity contribution in [3.05, 3.63) is 35.4 Å². The van der Waals surface area contributed by atoms with Crippen LogP contribution in [-0.2, 0) is 9.59 Å². The van der Waals surface area contributed by atoms with Crippen LogP contribution in [0.3, 0.4) is 0 Å². The molecular formula is C19H27N3O2. The van der Waals surface area contributed by atoms with Gasteiger partial charge in [-0.05, 0) is 24.8 Å². The molecule has 0 aromatic heterocycles. The van der Waals surface area contributed by atoms with Crippen LogP contribution in [0.15, 0.2) is 24.3 Å². The molecule has 0 bridgehead atoms. The molecule has 1 aromatic rings. The minimum Gasteiger partial charge on any atom is -0.355 e. The highest BCUT2D eigenvalue weighted by molar-refractivity contribution is 5.82. The van der Waals surface area contributed by atoms with Crippen LogP contribution in [0, 0.1) is 12.8 Å². The zero-order chi connectivity index (χ0) is 17.1. The van der Waals surface area contributed by atoms with Gasteiger partial charge in [-0.3, -0.25) is 14.5 Å². The van der Waals surface area contributed by atoms with Gasteiger partial charge in [0, 0.05) is 52.1 Å². The second-order valence-corrected chi connectivity index (χ2v) is 7.00. The van der Waals surface area contributed by atoms with Crippen molar-refractivity contribution in [1.82, 2.24) is 15.1 Å². The number of amides is 2. The number of rotatable bonds is 5. The molecule has 0 unspecified atom stereocenters. The van der Waals surface area contributed by atoms with E-state index < -0.39 is 0 Å². The predicted molar refractivity (Wildman–Crippen MR) is 93.7 cm³/mol. The summed E-state index contributed by atoms with van der Waals surface area (Å²) in [5.74, 6) is 0.869. The molecular weight excluding hydrogens is 302 g/mol. The maximum Gasteiger partial charge on any atom is 0.223 e. The average molecular weight is 329 g/mol. The molecule has 1 heterocycles. The lowest BCUT2D eigenvalue weighted by atomic mass is 10.1. The summed E-state index contributed by atoms with van der Waals surface area (Å²) in [4.78, 5) is 27.8. The Kier molecular flexibility index (Phi) is 5.19. The second kappa shape index (κ2) is 7.34. The maximum atomic E-state index is 12.3. The van der Waals surface area contributed by atoms with E-state index in [4.69, 9.17) is 0 Å². The topological polar surface area (TPSA) is 52.7 Å². The fraction of sp³-hybridized carbons (Fsp3) is 0.579. The molecule has 1 aliphatic heterocycles. The Balaban J connectivity index is 1.36. The molecule has 130 valence electrons. The van der Waals surface area contributed by atoms with Crippen molar-refractivity contribution < 1.29 is 9.59 Å². The van der Waals surface area contributed by atoms with Gasteiger partial charge < -0.3 is 10.2 Å². The third kappa shape index (κ3) is 4.15. The van der Waals surface area contributed by atoms with Gasteiger partial charge in [0.15, 0.2) is 0 Å². The first-order valence-corrected chi connectivity index (χ1v) is 8.87. The van der Waals surface area contributed by atoms with Crippen molar-refractivity contribution in [1.29, 1.82) is 0 Å². The largest absolute Gasteiger partial charge is 0.355 e. The number of aryl methyl sites for hydroxylation is 1. The van der Waals surface area contributed by atoms with Crippen LogP contribution in [0.2, 0.25) is 0 Å². The van der Waals surface area contributed by atoms with Crippen LogP contribution in [-0.4, -0.2) is 60.9 Å². The van der Waals surface area contributed by atoms with Crippen molar-refractivity contribution in [2.24, 2.45) is 5.92 Å². The molecule has 1 aliphatic carbocycles. The number of carbonyl (C=O) groups is 2. The van der Waals surface area contributed by atoms with E-state index in [1.165, 1.54) is 11.1 Å². The van der Waals surface area contributed by atoms with Crippen molar-refractivity contribution in [2.75, 3.05) is 39.3 Å². The van der Waals surface area contributed by atoms with Crippen molar-refractivity contribution >= 4 is 11.8 Å². The van der Waals surface area contributed by atoms with Crippen molar-refractivity contribution in [2.45, 2.75) is 26.2 Å². The number of carbonyl (C=O) groups excluding carboxylic acids is 2. The number of hydrogen-bond acceptors (Lipinski definition) is 3. The minimum atomic E-state index is 0.140. The molecule has 5 heteroatoms. The van der Waals surface area contributed by atoms with Crippen LogP contribution in [0.4, 0.5) is 0 Å². The van der Waals surface area contributed by atoms with Crippen molar-refractivity contribution in [3.8, 4) is 0 Å². The van der Waals surface area contributed by atoms with Gasteiger partial charge in [0.1, 0.15) is 0 Å². The number of nitrogens with one attached hydrogen (secondary N) is 1. The van der Waals surface area contributed by atoms with Gasteiger partial charge in [0.2, 0.25) is 11.8 Å². The molecule has 5 nitrogen and oxygen atoms in total. The molecule has 3 rings (SSSR count). The number of benzene rings is 1. The van der Waals surface area contributed by atoms with Gasteiger partial charge in [0.05, 0.1) is 0 Å². The van der Waals surface area contributed by atoms with E-state index >= 15 is 0 Å². The molecule has 2 amide bonds. The average Bonchev–Trinajstić information content (AvgIpc) is 3.36. The first-order valence-electron chi connectivity index (χ1n) is 8.87. The van der Waals surface area contributed by atoms with Gasteiger partial charge in [-0.25, -0.2) is 0 Å². The molecule has 0 radical (unpaired) electrons. The molecule has 1 N–H and O–H groups in total. The Hall–Kier alpha value is -1.88. The fourth-order valence-electron chi connectivity index (χ4n) is 3.51. The van der Waals surface area contributed by atoms with Crippen LogP contribution in [0.5, 0.6) is 0 Å². The summed E-state index contributed by atoms with van der Waals surface area (Å²) in [5.41, 5.74) is 2.54. The number of nitrogens with zero attached hydrogens (tertiary/aromatic N) is 2. The molecule has 1 saturated carbocycles. The summed E-state index contributed by atoms with van der Waals surface area (Å²) in [6.45, 7) is 8.64. The van der Waals surface area contributed by atoms with Crippen LogP contribution in [0.25, 0.3) is 0 Å². The van der Waals surface area contributed by atoms with Gasteiger partial charge in [-0.2, -0.15) is 0 Å². The van der Waals surface area contributed by atoms with E-state index in [1.807, 2.05) is 4.90 Å². The van der Waals surface area contributed by atoms with Gasteiger partial charge in [0.25, 0.3) is 0 Å². The van der Waals surface area contributed by atoms with Gasteiger partial charge >= 0.3 is 0 Å². The summed E-state index contributed by atoms with van der Waals surface area (Å²) in [7, 11) is 0. The van der Waals surface area contributed by atoms with Crippen LogP contribution in [0.1, 0.15) is 30.4 Å². The lowest BCUT2D eigenvalue weighted by Crippen LogP contribution is -2.49. The van der Waals surface area contributed by atoms with Crippen LogP contribution < -0.4 is 5.32 Å². The summed E-state index contributed by atoms with van der Waals surface area (Å²) in [6.07, 6.45) is 0.965. The normalized spacial score (nSPS) is 23.8. The third-order valence-corrected chi connectivity index (χ3v) is 5.14. The Labute approximate surface area is 144 Å². The Bertz CT molecular complexity index is 608. The Morgan fingerprint density at radius 2 is 1.96 bits per heavy atom. The van der Waals surface area contributed by atoms with E-state index in [0.29, 0.717) is 12.5 Å². The second-order valence-electron chi connectivity index (χ2n) is 7.00. The quantitative estimate of drug-likeness (QED) is 0.888. The fourth-order valence-corrected chi connectivity index (χ4v) is 3.51. The van der Waals surface area contributed by atoms with E-state index in [9.17, 15) is 9.59 Å². The predicted octanol–water partition coefficient (Wildman–Crippen LogP) is 1.38. The molecule has 2 atom stereocenters. The Morgan fingerprint density at radius 3 is 2.62 bits per heavy atom. The van der Waals surface area contributed by atoms with E-state index in [-0.39, 0.29) is 17.7 Å². The van der Waals surface area contributed by atoms with Crippen LogP contribution >= 0.6 is 0 Å². The van der Waals surface area contributed by atoms with Crippen molar-refractivity contribution in [3.63, 3.8) is 0 Å². The highest BCUT2D eigenvalue weighted by atomic mass is 16.2. The molecule has 1 aromatic carbocycles. The lowest BCUT2D eigenvalue weighted by Gasteiger charge is -2.34. The number of piperazine rings is 1. The molecule has 0 spiro atoms. The molecule has 2 fully saturated rings. The SMILES string of the molecule is CC(=O)N1CCN(CCNC(=O)[C@@H]2C[C@@H]2c2cccc(C)c2)CC1. The molecule has 1 saturated heterocycles. The zero-order valence-corrected chi connectivity index (χ0v) is 14.6. The smallest absolute Gasteiger partial charge is 0.223 e. The molecule has 24 heavy (non-hydrogen) atoms. The van der Waals surface area contributed by atoms with E-state index in [1.54, 1.807) is 6.92 Å². The summed E-state index contributed by atoms with van der Waals surface area (Å²) in [6, 6.07) is 8.47. The minimum absolute atomic E-state index is 0.140. The Morgan fingerprint density at radius 1 is 1.21 bits per heavy atom. The van der Waals surface area contributed by atoms with Gasteiger partial charge in [-0.15, -0.1) is 0 Å². The molecule has 2 aliphatic rings. The summed E-state index contributed by atoms with van der Waals surface area (Å²) in [5, 5.41) is 3.08. The van der Waals surface area contributed by atoms with Gasteiger partial charge in [-0.1, -0.05) is 29.8 Å². The first-order chi connectivity index (χ1) is 11.5. The maximum absolute atomic E-state index is 12.3. The monoisotopic (exact) mass is 329 g/mol.